The number of hydrogen-bond donors (Lipinski definition) is 14. The third-order valence-electron chi connectivity index (χ3n) is 7.65. The molecule has 238 valence electrons. The monoisotopic (exact) mass is 595 g/mol. The summed E-state index contributed by atoms with van der Waals surface area (Å²) < 4.78 is 17.7. The van der Waals surface area contributed by atoms with E-state index in [9.17, 15) is 40.5 Å². The SMILES string of the molecule is CNC1C(OC(C(C)OC2C(O)C(O)C(NC(=N)N)C(O)C2NC(=N)N)C(O)(C=O)C(C)C)OC(CO)C(O)C1O. The Morgan fingerprint density at radius 3 is 1.93 bits per heavy atom. The first-order valence-corrected chi connectivity index (χ1v) is 13.1. The number of carbonyl (C=O) groups excluding carboxylic acids is 1. The molecule has 16 N–H and O–H groups in total. The van der Waals surface area contributed by atoms with Gasteiger partial charge in [0.1, 0.15) is 42.7 Å². The molecule has 1 saturated carbocycles. The van der Waals surface area contributed by atoms with Gasteiger partial charge >= 0.3 is 0 Å². The average Bonchev–Trinajstić information content (AvgIpc) is 2.91. The maximum atomic E-state index is 12.3. The van der Waals surface area contributed by atoms with Crippen molar-refractivity contribution in [2.24, 2.45) is 17.4 Å². The van der Waals surface area contributed by atoms with E-state index in [4.69, 9.17) is 36.5 Å². The fraction of sp³-hybridized carbons (Fsp3) is 0.870. The molecule has 1 aliphatic carbocycles. The molecule has 1 saturated heterocycles. The first kappa shape index (κ1) is 35.0. The van der Waals surface area contributed by atoms with E-state index in [1.807, 2.05) is 0 Å². The average molecular weight is 596 g/mol. The molecule has 2 aliphatic rings. The lowest BCUT2D eigenvalue weighted by Crippen LogP contribution is -2.74. The number of hydrogen-bond acceptors (Lipinski definition) is 14. The zero-order valence-corrected chi connectivity index (χ0v) is 23.3. The van der Waals surface area contributed by atoms with Gasteiger partial charge in [0.25, 0.3) is 0 Å². The van der Waals surface area contributed by atoms with Gasteiger partial charge in [-0.3, -0.25) is 10.8 Å². The van der Waals surface area contributed by atoms with Crippen LogP contribution in [0.25, 0.3) is 0 Å². The lowest BCUT2D eigenvalue weighted by Gasteiger charge is -2.49. The molecule has 2 fully saturated rings. The Bertz CT molecular complexity index is 904. The lowest BCUT2D eigenvalue weighted by molar-refractivity contribution is -0.312. The number of guanidine groups is 2. The van der Waals surface area contributed by atoms with E-state index in [0.717, 1.165) is 0 Å². The molecule has 1 heterocycles. The standard InChI is InChI=1S/C23H45N7O11/c1-7(2)23(38,6-32)19(41-20-12(28-4)16(36)13(33)9(5-31)40-20)8(3)39-18-11(30-22(26)27)14(34)10(29-21(24)25)15(35)17(18)37/h6-20,28,31,33-38H,5H2,1-4H3,(H4,24,25,29)(H4,26,27,30). The molecule has 41 heavy (non-hydrogen) atoms. The van der Waals surface area contributed by atoms with Crippen LogP contribution in [0.3, 0.4) is 0 Å². The quantitative estimate of drug-likeness (QED) is 0.0566. The van der Waals surface area contributed by atoms with E-state index in [2.05, 4.69) is 16.0 Å². The second-order valence-corrected chi connectivity index (χ2v) is 10.7. The summed E-state index contributed by atoms with van der Waals surface area (Å²) in [5.41, 5.74) is 8.55. The first-order valence-electron chi connectivity index (χ1n) is 13.1. The predicted octanol–water partition coefficient (Wildman–Crippen LogP) is -6.44. The Balaban J connectivity index is 2.48. The van der Waals surface area contributed by atoms with Crippen molar-refractivity contribution in [2.45, 2.75) is 106 Å². The molecule has 0 spiro atoms. The van der Waals surface area contributed by atoms with E-state index in [0.29, 0.717) is 0 Å². The topological polar surface area (TPSA) is 322 Å². The van der Waals surface area contributed by atoms with Crippen molar-refractivity contribution in [1.29, 1.82) is 10.8 Å². The van der Waals surface area contributed by atoms with E-state index in [1.54, 1.807) is 0 Å². The van der Waals surface area contributed by atoms with Crippen molar-refractivity contribution < 1.29 is 54.8 Å². The molecular weight excluding hydrogens is 550 g/mol. The summed E-state index contributed by atoms with van der Waals surface area (Å²) in [6.45, 7) is 3.71. The van der Waals surface area contributed by atoms with Crippen LogP contribution in [0.15, 0.2) is 0 Å². The Labute approximate surface area is 237 Å². The normalized spacial score (nSPS) is 38.9. The Morgan fingerprint density at radius 1 is 0.927 bits per heavy atom. The fourth-order valence-electron chi connectivity index (χ4n) is 5.20. The highest BCUT2D eigenvalue weighted by Gasteiger charge is 2.54. The third-order valence-corrected chi connectivity index (χ3v) is 7.65. The van der Waals surface area contributed by atoms with Gasteiger partial charge in [-0.2, -0.15) is 0 Å². The minimum Gasteiger partial charge on any atom is -0.394 e. The summed E-state index contributed by atoms with van der Waals surface area (Å²) >= 11 is 0. The van der Waals surface area contributed by atoms with Gasteiger partial charge in [-0.15, -0.1) is 0 Å². The number of aliphatic hydroxyl groups is 7. The van der Waals surface area contributed by atoms with Crippen LogP contribution in [-0.4, -0.2) is 153 Å². The van der Waals surface area contributed by atoms with Crippen molar-refractivity contribution in [3.8, 4) is 0 Å². The summed E-state index contributed by atoms with van der Waals surface area (Å²) in [6, 6.07) is -3.85. The van der Waals surface area contributed by atoms with Gasteiger partial charge in [-0.25, -0.2) is 0 Å². The first-order chi connectivity index (χ1) is 19.0. The van der Waals surface area contributed by atoms with Crippen LogP contribution in [0, 0.1) is 16.7 Å². The molecule has 0 amide bonds. The van der Waals surface area contributed by atoms with Gasteiger partial charge in [0, 0.05) is 0 Å². The van der Waals surface area contributed by atoms with Gasteiger partial charge in [-0.05, 0) is 19.9 Å². The predicted molar refractivity (Wildman–Crippen MR) is 141 cm³/mol. The number of rotatable bonds is 12. The number of ether oxygens (including phenoxy) is 3. The van der Waals surface area contributed by atoms with Gasteiger partial charge < -0.3 is 82.2 Å². The van der Waals surface area contributed by atoms with Crippen LogP contribution in [0.4, 0.5) is 0 Å². The van der Waals surface area contributed by atoms with Crippen molar-refractivity contribution in [1.82, 2.24) is 16.0 Å². The minimum absolute atomic E-state index is 0.229. The molecule has 1 aliphatic heterocycles. The molecule has 18 heteroatoms. The van der Waals surface area contributed by atoms with Gasteiger partial charge in [0.05, 0.1) is 36.9 Å². The zero-order chi connectivity index (χ0) is 31.4. The molecule has 2 rings (SSSR count). The highest BCUT2D eigenvalue weighted by molar-refractivity contribution is 5.75. The highest BCUT2D eigenvalue weighted by Crippen LogP contribution is 2.33. The molecule has 14 atom stereocenters. The fourth-order valence-corrected chi connectivity index (χ4v) is 5.20. The molecule has 0 radical (unpaired) electrons. The minimum atomic E-state index is -2.27. The van der Waals surface area contributed by atoms with Crippen LogP contribution in [0.2, 0.25) is 0 Å². The number of nitrogens with two attached hydrogens (primary N) is 2. The second-order valence-electron chi connectivity index (χ2n) is 10.7. The smallest absolute Gasteiger partial charge is 0.186 e. The molecule has 0 aromatic heterocycles. The van der Waals surface area contributed by atoms with E-state index < -0.39 is 109 Å². The van der Waals surface area contributed by atoms with Crippen molar-refractivity contribution >= 4 is 18.2 Å². The van der Waals surface area contributed by atoms with Gasteiger partial charge in [0.15, 0.2) is 30.1 Å². The number of carbonyl (C=O) groups is 1. The summed E-state index contributed by atoms with van der Waals surface area (Å²) in [7, 11) is 1.44. The summed E-state index contributed by atoms with van der Waals surface area (Å²) in [5, 5.41) is 97.1. The van der Waals surface area contributed by atoms with Crippen LogP contribution in [0.1, 0.15) is 20.8 Å². The van der Waals surface area contributed by atoms with Crippen LogP contribution < -0.4 is 27.4 Å². The molecule has 0 aromatic rings. The Hall–Kier alpha value is -2.23. The number of aldehydes is 1. The Kier molecular flexibility index (Phi) is 12.2. The summed E-state index contributed by atoms with van der Waals surface area (Å²) in [5.74, 6) is -2.04. The largest absolute Gasteiger partial charge is 0.394 e. The van der Waals surface area contributed by atoms with E-state index in [-0.39, 0.29) is 6.29 Å². The summed E-state index contributed by atoms with van der Waals surface area (Å²) in [4.78, 5) is 12.3. The molecule has 0 bridgehead atoms. The van der Waals surface area contributed by atoms with Crippen LogP contribution in [-0.2, 0) is 19.0 Å². The maximum Gasteiger partial charge on any atom is 0.186 e. The zero-order valence-electron chi connectivity index (χ0n) is 23.3. The van der Waals surface area contributed by atoms with E-state index in [1.165, 1.54) is 27.8 Å². The van der Waals surface area contributed by atoms with Gasteiger partial charge in [0.2, 0.25) is 0 Å². The van der Waals surface area contributed by atoms with Crippen LogP contribution >= 0.6 is 0 Å². The molecule has 14 unspecified atom stereocenters. The van der Waals surface area contributed by atoms with Crippen LogP contribution in [0.5, 0.6) is 0 Å². The second kappa shape index (κ2) is 14.3. The summed E-state index contributed by atoms with van der Waals surface area (Å²) in [6.07, 6.45) is -15.1. The van der Waals surface area contributed by atoms with Crippen molar-refractivity contribution in [3.63, 3.8) is 0 Å². The number of likely N-dealkylation sites (N-methyl/N-ethyl adjacent to an activating group) is 1. The Morgan fingerprint density at radius 2 is 1.46 bits per heavy atom. The third kappa shape index (κ3) is 7.41. The highest BCUT2D eigenvalue weighted by atomic mass is 16.7. The molecular formula is C23H45N7O11. The van der Waals surface area contributed by atoms with Gasteiger partial charge in [-0.1, -0.05) is 13.8 Å². The molecule has 18 nitrogen and oxygen atoms in total. The maximum absolute atomic E-state index is 12.3. The van der Waals surface area contributed by atoms with Crippen molar-refractivity contribution in [3.05, 3.63) is 0 Å². The number of nitrogens with one attached hydrogen (secondary N) is 5. The van der Waals surface area contributed by atoms with Crippen molar-refractivity contribution in [2.75, 3.05) is 13.7 Å². The lowest BCUT2D eigenvalue weighted by atomic mass is 9.80. The van der Waals surface area contributed by atoms with E-state index >= 15 is 0 Å². The molecule has 0 aromatic carbocycles. The number of aliphatic hydroxyl groups excluding tert-OH is 6.